The molecular formula is C13H14N6S. The van der Waals surface area contributed by atoms with Gasteiger partial charge in [-0.25, -0.2) is 9.67 Å². The predicted molar refractivity (Wildman–Crippen MR) is 76.7 cm³/mol. The van der Waals surface area contributed by atoms with Crippen LogP contribution in [0.4, 0.5) is 0 Å². The molecule has 20 heavy (non-hydrogen) atoms. The highest BCUT2D eigenvalue weighted by atomic mass is 32.2. The molecule has 7 heteroatoms. The van der Waals surface area contributed by atoms with Crippen molar-refractivity contribution >= 4 is 11.8 Å². The molecule has 0 atom stereocenters. The van der Waals surface area contributed by atoms with Gasteiger partial charge in [-0.15, -0.1) is 0 Å². The second kappa shape index (κ2) is 5.48. The predicted octanol–water partition coefficient (Wildman–Crippen LogP) is 1.91. The highest BCUT2D eigenvalue weighted by molar-refractivity contribution is 7.99. The standard InChI is InChI=1S/C13H14N6S/c1-9-11(7-14)12(20-13-15-8-16-17-13)19(18-9)10-5-3-2-4-6-10/h2-6,8H,7,14H2,1H3,(H,15,16,17). The summed E-state index contributed by atoms with van der Waals surface area (Å²) in [5.41, 5.74) is 8.81. The van der Waals surface area contributed by atoms with Gasteiger partial charge in [-0.1, -0.05) is 18.2 Å². The first kappa shape index (κ1) is 12.9. The van der Waals surface area contributed by atoms with E-state index < -0.39 is 0 Å². The minimum atomic E-state index is 0.440. The van der Waals surface area contributed by atoms with E-state index >= 15 is 0 Å². The van der Waals surface area contributed by atoms with Crippen molar-refractivity contribution in [1.82, 2.24) is 25.0 Å². The number of aromatic nitrogens is 5. The Kier molecular flexibility index (Phi) is 3.53. The van der Waals surface area contributed by atoms with Crippen LogP contribution in [-0.4, -0.2) is 25.0 Å². The summed E-state index contributed by atoms with van der Waals surface area (Å²) in [6.45, 7) is 2.40. The minimum absolute atomic E-state index is 0.440. The zero-order valence-electron chi connectivity index (χ0n) is 10.9. The van der Waals surface area contributed by atoms with E-state index in [1.807, 2.05) is 41.9 Å². The second-order valence-corrected chi connectivity index (χ2v) is 5.19. The Morgan fingerprint density at radius 2 is 2.10 bits per heavy atom. The molecule has 2 heterocycles. The quantitative estimate of drug-likeness (QED) is 0.765. The Balaban J connectivity index is 2.10. The molecule has 0 radical (unpaired) electrons. The van der Waals surface area contributed by atoms with Crippen molar-refractivity contribution in [3.63, 3.8) is 0 Å². The van der Waals surface area contributed by atoms with E-state index in [0.717, 1.165) is 27.1 Å². The molecule has 0 aliphatic carbocycles. The van der Waals surface area contributed by atoms with Gasteiger partial charge in [0.15, 0.2) is 5.16 Å². The molecule has 0 aliphatic rings. The third kappa shape index (κ3) is 2.33. The Bertz CT molecular complexity index is 689. The first-order valence-corrected chi connectivity index (χ1v) is 6.98. The zero-order chi connectivity index (χ0) is 13.9. The normalized spacial score (nSPS) is 10.9. The number of nitrogens with one attached hydrogen (secondary N) is 1. The fourth-order valence-electron chi connectivity index (χ4n) is 1.96. The number of nitrogens with two attached hydrogens (primary N) is 1. The van der Waals surface area contributed by atoms with Crippen LogP contribution in [0.1, 0.15) is 11.3 Å². The number of nitrogens with zero attached hydrogens (tertiary/aromatic N) is 4. The number of para-hydroxylation sites is 1. The fourth-order valence-corrected chi connectivity index (χ4v) is 2.93. The van der Waals surface area contributed by atoms with Gasteiger partial charge in [0.1, 0.15) is 11.4 Å². The molecule has 3 rings (SSSR count). The summed E-state index contributed by atoms with van der Waals surface area (Å²) >= 11 is 1.48. The van der Waals surface area contributed by atoms with Gasteiger partial charge < -0.3 is 5.73 Å². The van der Waals surface area contributed by atoms with Gasteiger partial charge in [-0.3, -0.25) is 5.10 Å². The molecule has 0 bridgehead atoms. The van der Waals surface area contributed by atoms with Gasteiger partial charge >= 0.3 is 0 Å². The number of aromatic amines is 1. The number of H-pyrrole nitrogens is 1. The second-order valence-electron chi connectivity index (χ2n) is 4.21. The Morgan fingerprint density at radius 3 is 2.75 bits per heavy atom. The Hall–Kier alpha value is -2.12. The first-order valence-electron chi connectivity index (χ1n) is 6.17. The van der Waals surface area contributed by atoms with Gasteiger partial charge in [-0.2, -0.15) is 10.2 Å². The maximum Gasteiger partial charge on any atom is 0.189 e. The number of hydrogen-bond acceptors (Lipinski definition) is 5. The molecule has 0 spiro atoms. The van der Waals surface area contributed by atoms with Crippen LogP contribution in [0.15, 0.2) is 46.8 Å². The summed E-state index contributed by atoms with van der Waals surface area (Å²) in [4.78, 5) is 4.15. The lowest BCUT2D eigenvalue weighted by atomic mass is 10.3. The van der Waals surface area contributed by atoms with Crippen molar-refractivity contribution < 1.29 is 0 Å². The lowest BCUT2D eigenvalue weighted by Gasteiger charge is -2.07. The number of aryl methyl sites for hydroxylation is 1. The van der Waals surface area contributed by atoms with Crippen molar-refractivity contribution in [3.8, 4) is 5.69 Å². The first-order chi connectivity index (χ1) is 9.79. The van der Waals surface area contributed by atoms with E-state index in [4.69, 9.17) is 5.73 Å². The summed E-state index contributed by atoms with van der Waals surface area (Å²) in [5, 5.41) is 13.0. The molecule has 0 unspecified atom stereocenters. The summed E-state index contributed by atoms with van der Waals surface area (Å²) < 4.78 is 1.89. The number of benzene rings is 1. The average Bonchev–Trinajstić information content (AvgIpc) is 3.08. The largest absolute Gasteiger partial charge is 0.326 e. The SMILES string of the molecule is Cc1nn(-c2ccccc2)c(Sc2ncn[nH]2)c1CN. The monoisotopic (exact) mass is 286 g/mol. The average molecular weight is 286 g/mol. The van der Waals surface area contributed by atoms with Crippen LogP contribution >= 0.6 is 11.8 Å². The third-order valence-corrected chi connectivity index (χ3v) is 3.93. The Labute approximate surface area is 120 Å². The van der Waals surface area contributed by atoms with E-state index in [-0.39, 0.29) is 0 Å². The molecule has 2 aromatic heterocycles. The molecular weight excluding hydrogens is 272 g/mol. The van der Waals surface area contributed by atoms with Gasteiger partial charge in [0.25, 0.3) is 0 Å². The van der Waals surface area contributed by atoms with E-state index in [0.29, 0.717) is 6.54 Å². The fraction of sp³-hybridized carbons (Fsp3) is 0.154. The topological polar surface area (TPSA) is 85.4 Å². The third-order valence-electron chi connectivity index (χ3n) is 2.93. The molecule has 0 fully saturated rings. The molecule has 0 aliphatic heterocycles. The summed E-state index contributed by atoms with van der Waals surface area (Å²) in [6, 6.07) is 9.97. The molecule has 1 aromatic carbocycles. The van der Waals surface area contributed by atoms with Crippen LogP contribution in [0.5, 0.6) is 0 Å². The minimum Gasteiger partial charge on any atom is -0.326 e. The van der Waals surface area contributed by atoms with E-state index in [9.17, 15) is 0 Å². The van der Waals surface area contributed by atoms with Crippen molar-refractivity contribution in [2.24, 2.45) is 5.73 Å². The number of rotatable bonds is 4. The molecule has 0 amide bonds. The highest BCUT2D eigenvalue weighted by Gasteiger charge is 2.17. The van der Waals surface area contributed by atoms with Gasteiger partial charge in [0, 0.05) is 12.1 Å². The lowest BCUT2D eigenvalue weighted by Crippen LogP contribution is -2.01. The Morgan fingerprint density at radius 1 is 1.30 bits per heavy atom. The van der Waals surface area contributed by atoms with E-state index in [1.54, 1.807) is 0 Å². The maximum absolute atomic E-state index is 5.86. The van der Waals surface area contributed by atoms with Crippen LogP contribution in [0.2, 0.25) is 0 Å². The molecule has 3 N–H and O–H groups in total. The number of hydrogen-bond donors (Lipinski definition) is 2. The van der Waals surface area contributed by atoms with Crippen LogP contribution in [0, 0.1) is 6.92 Å². The van der Waals surface area contributed by atoms with Gasteiger partial charge in [0.05, 0.1) is 11.4 Å². The molecule has 102 valence electrons. The summed E-state index contributed by atoms with van der Waals surface area (Å²) in [5.74, 6) is 0. The van der Waals surface area contributed by atoms with E-state index in [2.05, 4.69) is 20.3 Å². The smallest absolute Gasteiger partial charge is 0.189 e. The molecule has 6 nitrogen and oxygen atoms in total. The van der Waals surface area contributed by atoms with Crippen LogP contribution < -0.4 is 5.73 Å². The molecule has 0 saturated carbocycles. The maximum atomic E-state index is 5.86. The molecule has 3 aromatic rings. The van der Waals surface area contributed by atoms with Crippen LogP contribution in [-0.2, 0) is 6.54 Å². The lowest BCUT2D eigenvalue weighted by molar-refractivity contribution is 0.785. The van der Waals surface area contributed by atoms with Crippen molar-refractivity contribution in [1.29, 1.82) is 0 Å². The van der Waals surface area contributed by atoms with Gasteiger partial charge in [-0.05, 0) is 30.8 Å². The van der Waals surface area contributed by atoms with Crippen molar-refractivity contribution in [2.45, 2.75) is 23.7 Å². The van der Waals surface area contributed by atoms with Crippen molar-refractivity contribution in [2.75, 3.05) is 0 Å². The van der Waals surface area contributed by atoms with E-state index in [1.165, 1.54) is 18.1 Å². The van der Waals surface area contributed by atoms with Crippen molar-refractivity contribution in [3.05, 3.63) is 47.9 Å². The van der Waals surface area contributed by atoms with Crippen LogP contribution in [0.3, 0.4) is 0 Å². The summed E-state index contributed by atoms with van der Waals surface area (Å²) in [7, 11) is 0. The van der Waals surface area contributed by atoms with Gasteiger partial charge in [0.2, 0.25) is 0 Å². The highest BCUT2D eigenvalue weighted by Crippen LogP contribution is 2.31. The molecule has 0 saturated heterocycles. The summed E-state index contributed by atoms with van der Waals surface area (Å²) in [6.07, 6.45) is 1.49. The van der Waals surface area contributed by atoms with Crippen LogP contribution in [0.25, 0.3) is 5.69 Å². The zero-order valence-corrected chi connectivity index (χ0v) is 11.8.